The summed E-state index contributed by atoms with van der Waals surface area (Å²) < 4.78 is 0. The first-order valence-corrected chi connectivity index (χ1v) is 6.32. The van der Waals surface area contributed by atoms with Crippen LogP contribution in [0.4, 0.5) is 0 Å². The molecule has 0 aliphatic heterocycles. The Morgan fingerprint density at radius 3 is 1.93 bits per heavy atom. The Labute approximate surface area is 87.9 Å². The van der Waals surface area contributed by atoms with Crippen molar-refractivity contribution in [2.45, 2.75) is 64.4 Å². The van der Waals surface area contributed by atoms with Crippen molar-refractivity contribution in [3.05, 3.63) is 0 Å². The molecule has 0 saturated heterocycles. The molecule has 82 valence electrons. The van der Waals surface area contributed by atoms with E-state index in [2.05, 4.69) is 13.8 Å². The number of hydrogen-bond donors (Lipinski definition) is 1. The second-order valence-corrected chi connectivity index (χ2v) is 5.93. The van der Waals surface area contributed by atoms with Crippen LogP contribution in [0.1, 0.15) is 58.8 Å². The third-order valence-electron chi connectivity index (χ3n) is 4.41. The predicted molar refractivity (Wildman–Crippen MR) is 59.1 cm³/mol. The average Bonchev–Trinajstić information content (AvgIpc) is 2.52. The summed E-state index contributed by atoms with van der Waals surface area (Å²) in [5, 5.41) is 10.6. The SMILES string of the molecule is CC1CC(C)CC(C2(O)CCCC2)C1. The van der Waals surface area contributed by atoms with Gasteiger partial charge >= 0.3 is 0 Å². The molecular weight excluding hydrogens is 172 g/mol. The molecule has 2 saturated carbocycles. The van der Waals surface area contributed by atoms with Crippen molar-refractivity contribution in [3.63, 3.8) is 0 Å². The molecule has 2 aliphatic carbocycles. The fourth-order valence-electron chi connectivity index (χ4n) is 3.78. The maximum Gasteiger partial charge on any atom is 0.0676 e. The summed E-state index contributed by atoms with van der Waals surface area (Å²) >= 11 is 0. The topological polar surface area (TPSA) is 20.2 Å². The van der Waals surface area contributed by atoms with E-state index >= 15 is 0 Å². The van der Waals surface area contributed by atoms with Gasteiger partial charge in [0.05, 0.1) is 5.60 Å². The maximum absolute atomic E-state index is 10.6. The van der Waals surface area contributed by atoms with Crippen molar-refractivity contribution in [1.82, 2.24) is 0 Å². The van der Waals surface area contributed by atoms with Crippen molar-refractivity contribution in [2.75, 3.05) is 0 Å². The first-order valence-electron chi connectivity index (χ1n) is 6.32. The molecular formula is C13H24O. The summed E-state index contributed by atoms with van der Waals surface area (Å²) in [6, 6.07) is 0. The molecule has 2 fully saturated rings. The Morgan fingerprint density at radius 1 is 0.929 bits per heavy atom. The van der Waals surface area contributed by atoms with Gasteiger partial charge < -0.3 is 5.11 Å². The number of aliphatic hydroxyl groups is 1. The molecule has 0 heterocycles. The molecule has 1 nitrogen and oxygen atoms in total. The van der Waals surface area contributed by atoms with Gasteiger partial charge in [0, 0.05) is 0 Å². The molecule has 2 rings (SSSR count). The van der Waals surface area contributed by atoms with Gasteiger partial charge in [-0.2, -0.15) is 0 Å². The Bertz CT molecular complexity index is 183. The molecule has 14 heavy (non-hydrogen) atoms. The van der Waals surface area contributed by atoms with Gasteiger partial charge in [-0.25, -0.2) is 0 Å². The van der Waals surface area contributed by atoms with E-state index in [1.807, 2.05) is 0 Å². The van der Waals surface area contributed by atoms with E-state index in [1.165, 1.54) is 32.1 Å². The van der Waals surface area contributed by atoms with Crippen molar-refractivity contribution in [1.29, 1.82) is 0 Å². The van der Waals surface area contributed by atoms with Crippen LogP contribution in [0, 0.1) is 17.8 Å². The smallest absolute Gasteiger partial charge is 0.0676 e. The minimum atomic E-state index is -0.275. The summed E-state index contributed by atoms with van der Waals surface area (Å²) in [4.78, 5) is 0. The molecule has 1 heteroatoms. The third kappa shape index (κ3) is 1.98. The van der Waals surface area contributed by atoms with E-state index in [0.717, 1.165) is 24.7 Å². The summed E-state index contributed by atoms with van der Waals surface area (Å²) in [6.45, 7) is 4.70. The van der Waals surface area contributed by atoms with Crippen molar-refractivity contribution < 1.29 is 5.11 Å². The van der Waals surface area contributed by atoms with Crippen LogP contribution in [0.5, 0.6) is 0 Å². The van der Waals surface area contributed by atoms with Crippen LogP contribution < -0.4 is 0 Å². The Morgan fingerprint density at radius 2 is 1.43 bits per heavy atom. The van der Waals surface area contributed by atoms with Crippen LogP contribution in [0.3, 0.4) is 0 Å². The first kappa shape index (κ1) is 10.5. The Kier molecular flexibility index (Phi) is 2.88. The van der Waals surface area contributed by atoms with Gasteiger partial charge in [-0.3, -0.25) is 0 Å². The van der Waals surface area contributed by atoms with Crippen LogP contribution in [0.2, 0.25) is 0 Å². The summed E-state index contributed by atoms with van der Waals surface area (Å²) in [5.74, 6) is 2.26. The lowest BCUT2D eigenvalue weighted by Gasteiger charge is -2.40. The maximum atomic E-state index is 10.6. The monoisotopic (exact) mass is 196 g/mol. The van der Waals surface area contributed by atoms with Crippen LogP contribution in [0.25, 0.3) is 0 Å². The van der Waals surface area contributed by atoms with Crippen LogP contribution in [0.15, 0.2) is 0 Å². The van der Waals surface area contributed by atoms with E-state index in [4.69, 9.17) is 0 Å². The average molecular weight is 196 g/mol. The standard InChI is InChI=1S/C13H24O/c1-10-7-11(2)9-12(8-10)13(14)5-3-4-6-13/h10-12,14H,3-9H2,1-2H3. The zero-order valence-corrected chi connectivity index (χ0v) is 9.63. The normalized spacial score (nSPS) is 42.6. The van der Waals surface area contributed by atoms with Crippen molar-refractivity contribution in [2.24, 2.45) is 17.8 Å². The quantitative estimate of drug-likeness (QED) is 0.682. The molecule has 1 N–H and O–H groups in total. The highest BCUT2D eigenvalue weighted by atomic mass is 16.3. The Hall–Kier alpha value is -0.0400. The fraction of sp³-hybridized carbons (Fsp3) is 1.00. The van der Waals surface area contributed by atoms with Crippen LogP contribution >= 0.6 is 0 Å². The zero-order chi connectivity index (χ0) is 10.2. The molecule has 0 radical (unpaired) electrons. The van der Waals surface area contributed by atoms with Gasteiger partial charge in [-0.05, 0) is 49.9 Å². The number of hydrogen-bond acceptors (Lipinski definition) is 1. The minimum Gasteiger partial charge on any atom is -0.390 e. The van der Waals surface area contributed by atoms with Gasteiger partial charge in [0.2, 0.25) is 0 Å². The highest BCUT2D eigenvalue weighted by Crippen LogP contribution is 2.45. The molecule has 2 aliphatic rings. The van der Waals surface area contributed by atoms with Crippen molar-refractivity contribution >= 4 is 0 Å². The molecule has 0 amide bonds. The lowest BCUT2D eigenvalue weighted by Crippen LogP contribution is -2.39. The van der Waals surface area contributed by atoms with E-state index in [0.29, 0.717) is 5.92 Å². The molecule has 0 aromatic carbocycles. The lowest BCUT2D eigenvalue weighted by molar-refractivity contribution is -0.0428. The first-order chi connectivity index (χ1) is 6.60. The van der Waals surface area contributed by atoms with Crippen LogP contribution in [-0.2, 0) is 0 Å². The molecule has 0 aromatic heterocycles. The second kappa shape index (κ2) is 3.84. The van der Waals surface area contributed by atoms with Gasteiger partial charge in [-0.15, -0.1) is 0 Å². The second-order valence-electron chi connectivity index (χ2n) is 5.93. The third-order valence-corrected chi connectivity index (χ3v) is 4.41. The molecule has 0 spiro atoms. The van der Waals surface area contributed by atoms with E-state index in [9.17, 15) is 5.11 Å². The van der Waals surface area contributed by atoms with E-state index in [1.54, 1.807) is 0 Å². The van der Waals surface area contributed by atoms with E-state index in [-0.39, 0.29) is 5.60 Å². The van der Waals surface area contributed by atoms with Gasteiger partial charge in [0.1, 0.15) is 0 Å². The Balaban J connectivity index is 2.02. The largest absolute Gasteiger partial charge is 0.390 e. The fourth-order valence-corrected chi connectivity index (χ4v) is 3.78. The van der Waals surface area contributed by atoms with E-state index < -0.39 is 0 Å². The van der Waals surface area contributed by atoms with Gasteiger partial charge in [0.25, 0.3) is 0 Å². The predicted octanol–water partition coefficient (Wildman–Crippen LogP) is 3.36. The lowest BCUT2D eigenvalue weighted by atomic mass is 9.69. The van der Waals surface area contributed by atoms with Gasteiger partial charge in [-0.1, -0.05) is 26.7 Å². The minimum absolute atomic E-state index is 0.275. The summed E-state index contributed by atoms with van der Waals surface area (Å²) in [6.07, 6.45) is 8.52. The van der Waals surface area contributed by atoms with Crippen LogP contribution in [-0.4, -0.2) is 10.7 Å². The zero-order valence-electron chi connectivity index (χ0n) is 9.63. The van der Waals surface area contributed by atoms with Crippen molar-refractivity contribution in [3.8, 4) is 0 Å². The molecule has 2 unspecified atom stereocenters. The number of rotatable bonds is 1. The molecule has 0 bridgehead atoms. The summed E-state index contributed by atoms with van der Waals surface area (Å²) in [7, 11) is 0. The molecule has 2 atom stereocenters. The summed E-state index contributed by atoms with van der Waals surface area (Å²) in [5.41, 5.74) is -0.275. The van der Waals surface area contributed by atoms with Gasteiger partial charge in [0.15, 0.2) is 0 Å². The highest BCUT2D eigenvalue weighted by molar-refractivity contribution is 4.93. The highest BCUT2D eigenvalue weighted by Gasteiger charge is 2.41. The molecule has 0 aromatic rings.